The van der Waals surface area contributed by atoms with Crippen molar-refractivity contribution in [2.24, 2.45) is 5.92 Å². The normalized spacial score (nSPS) is 20.0. The molecule has 1 aromatic heterocycles. The second-order valence-corrected chi connectivity index (χ2v) is 8.45. The first-order valence-electron chi connectivity index (χ1n) is 10.2. The molecule has 1 N–H and O–H groups in total. The smallest absolute Gasteiger partial charge is 0.166 e. The zero-order valence-electron chi connectivity index (χ0n) is 16.7. The quantitative estimate of drug-likeness (QED) is 0.561. The monoisotopic (exact) mass is 378 g/mol. The van der Waals surface area contributed by atoms with E-state index in [-0.39, 0.29) is 17.1 Å². The Morgan fingerprint density at radius 3 is 2.46 bits per heavy atom. The Morgan fingerprint density at radius 2 is 1.79 bits per heavy atom. The third-order valence-corrected chi connectivity index (χ3v) is 6.03. The van der Waals surface area contributed by atoms with Gasteiger partial charge in [-0.1, -0.05) is 51.8 Å². The standard InChI is InChI=1S/C24H27FN2O/c1-14(2)17-11-12-18-20(13-17)26-24(22-19(25)5-4-6-21(22)28)27-23(18)16-9-7-15(3)8-10-16/h4-6,11-16,28H,7-10H2,1-3H3. The number of halogens is 1. The van der Waals surface area contributed by atoms with Gasteiger partial charge in [-0.25, -0.2) is 14.4 Å². The van der Waals surface area contributed by atoms with Gasteiger partial charge in [-0.2, -0.15) is 0 Å². The van der Waals surface area contributed by atoms with E-state index in [1.807, 2.05) is 0 Å². The average Bonchev–Trinajstić information content (AvgIpc) is 2.67. The summed E-state index contributed by atoms with van der Waals surface area (Å²) >= 11 is 0. The van der Waals surface area contributed by atoms with E-state index >= 15 is 0 Å². The van der Waals surface area contributed by atoms with Crippen molar-refractivity contribution in [3.05, 3.63) is 53.5 Å². The molecule has 1 fully saturated rings. The maximum atomic E-state index is 14.5. The molecule has 0 spiro atoms. The van der Waals surface area contributed by atoms with Crippen LogP contribution in [0.2, 0.25) is 0 Å². The summed E-state index contributed by atoms with van der Waals surface area (Å²) in [4.78, 5) is 9.47. The molecule has 4 rings (SSSR count). The predicted octanol–water partition coefficient (Wildman–Crippen LogP) is 6.56. The van der Waals surface area contributed by atoms with Gasteiger partial charge in [-0.05, 0) is 48.4 Å². The van der Waals surface area contributed by atoms with Gasteiger partial charge in [0, 0.05) is 11.3 Å². The summed E-state index contributed by atoms with van der Waals surface area (Å²) in [5, 5.41) is 11.3. The fourth-order valence-corrected chi connectivity index (χ4v) is 4.22. The number of rotatable bonds is 3. The fraction of sp³-hybridized carbons (Fsp3) is 0.417. The number of hydrogen-bond donors (Lipinski definition) is 1. The van der Waals surface area contributed by atoms with Crippen molar-refractivity contribution in [3.8, 4) is 17.1 Å². The third-order valence-electron chi connectivity index (χ3n) is 6.03. The van der Waals surface area contributed by atoms with Gasteiger partial charge in [-0.15, -0.1) is 0 Å². The van der Waals surface area contributed by atoms with Crippen LogP contribution in [-0.2, 0) is 0 Å². The van der Waals surface area contributed by atoms with E-state index in [0.29, 0.717) is 11.8 Å². The molecule has 4 heteroatoms. The van der Waals surface area contributed by atoms with Crippen LogP contribution in [0.4, 0.5) is 4.39 Å². The number of hydrogen-bond acceptors (Lipinski definition) is 3. The molecule has 1 aliphatic carbocycles. The lowest BCUT2D eigenvalue weighted by Gasteiger charge is -2.27. The van der Waals surface area contributed by atoms with E-state index in [1.54, 1.807) is 0 Å². The van der Waals surface area contributed by atoms with Crippen LogP contribution < -0.4 is 0 Å². The van der Waals surface area contributed by atoms with E-state index in [0.717, 1.165) is 35.4 Å². The van der Waals surface area contributed by atoms with Crippen LogP contribution in [0.3, 0.4) is 0 Å². The maximum Gasteiger partial charge on any atom is 0.166 e. The fourth-order valence-electron chi connectivity index (χ4n) is 4.22. The van der Waals surface area contributed by atoms with Crippen molar-refractivity contribution in [1.82, 2.24) is 9.97 Å². The summed E-state index contributed by atoms with van der Waals surface area (Å²) < 4.78 is 14.5. The SMILES string of the molecule is CC1CCC(c2nc(-c3c(O)cccc3F)nc3cc(C(C)C)ccc23)CC1. The molecule has 0 unspecified atom stereocenters. The molecule has 1 heterocycles. The Morgan fingerprint density at radius 1 is 1.04 bits per heavy atom. The minimum absolute atomic E-state index is 0.0878. The van der Waals surface area contributed by atoms with Gasteiger partial charge in [0.25, 0.3) is 0 Å². The summed E-state index contributed by atoms with van der Waals surface area (Å²) in [6.45, 7) is 6.59. The molecule has 28 heavy (non-hydrogen) atoms. The lowest BCUT2D eigenvalue weighted by atomic mass is 9.80. The van der Waals surface area contributed by atoms with Crippen LogP contribution in [0.5, 0.6) is 5.75 Å². The first kappa shape index (κ1) is 18.9. The minimum atomic E-state index is -0.498. The summed E-state index contributed by atoms with van der Waals surface area (Å²) in [6.07, 6.45) is 4.53. The third kappa shape index (κ3) is 3.48. The number of phenolic OH excluding ortho intramolecular Hbond substituents is 1. The maximum absolute atomic E-state index is 14.5. The summed E-state index contributed by atoms with van der Waals surface area (Å²) in [6, 6.07) is 10.7. The number of nitrogens with zero attached hydrogens (tertiary/aromatic N) is 2. The first-order chi connectivity index (χ1) is 13.4. The summed E-state index contributed by atoms with van der Waals surface area (Å²) in [5.74, 6) is 1.12. The second-order valence-electron chi connectivity index (χ2n) is 8.45. The van der Waals surface area contributed by atoms with Gasteiger partial charge in [0.1, 0.15) is 11.6 Å². The summed E-state index contributed by atoms with van der Waals surface area (Å²) in [7, 11) is 0. The Hall–Kier alpha value is -2.49. The van der Waals surface area contributed by atoms with Gasteiger partial charge in [0.2, 0.25) is 0 Å². The first-order valence-corrected chi connectivity index (χ1v) is 10.2. The van der Waals surface area contributed by atoms with E-state index in [9.17, 15) is 9.50 Å². The van der Waals surface area contributed by atoms with Crippen LogP contribution in [0.15, 0.2) is 36.4 Å². The van der Waals surface area contributed by atoms with Crippen molar-refractivity contribution in [2.75, 3.05) is 0 Å². The van der Waals surface area contributed by atoms with E-state index < -0.39 is 5.82 Å². The number of aromatic nitrogens is 2. The van der Waals surface area contributed by atoms with Gasteiger partial charge in [0.05, 0.1) is 16.8 Å². The Kier molecular flexibility index (Phi) is 5.05. The average molecular weight is 378 g/mol. The molecule has 3 nitrogen and oxygen atoms in total. The molecule has 0 aliphatic heterocycles. The largest absolute Gasteiger partial charge is 0.507 e. The van der Waals surface area contributed by atoms with Crippen LogP contribution in [0.25, 0.3) is 22.3 Å². The highest BCUT2D eigenvalue weighted by Gasteiger charge is 2.25. The Balaban J connectivity index is 1.93. The van der Waals surface area contributed by atoms with Crippen LogP contribution in [0.1, 0.15) is 69.5 Å². The van der Waals surface area contributed by atoms with Crippen LogP contribution in [0, 0.1) is 11.7 Å². The molecule has 0 atom stereocenters. The Labute approximate surface area is 165 Å². The van der Waals surface area contributed by atoms with Crippen molar-refractivity contribution in [2.45, 2.75) is 58.3 Å². The molecule has 0 radical (unpaired) electrons. The molecule has 0 amide bonds. The number of aromatic hydroxyl groups is 1. The molecule has 1 aliphatic rings. The lowest BCUT2D eigenvalue weighted by molar-refractivity contribution is 0.345. The molecule has 0 saturated heterocycles. The molecule has 3 aromatic rings. The highest BCUT2D eigenvalue weighted by Crippen LogP contribution is 2.39. The highest BCUT2D eigenvalue weighted by atomic mass is 19.1. The number of fused-ring (bicyclic) bond motifs is 1. The van der Waals surface area contributed by atoms with Crippen LogP contribution in [-0.4, -0.2) is 15.1 Å². The second kappa shape index (κ2) is 7.50. The minimum Gasteiger partial charge on any atom is -0.507 e. The molecule has 1 saturated carbocycles. The van der Waals surface area contributed by atoms with E-state index in [2.05, 4.69) is 44.0 Å². The van der Waals surface area contributed by atoms with Crippen molar-refractivity contribution < 1.29 is 9.50 Å². The van der Waals surface area contributed by atoms with Gasteiger partial charge in [-0.3, -0.25) is 0 Å². The summed E-state index contributed by atoms with van der Waals surface area (Å²) in [5.41, 5.74) is 3.10. The number of benzene rings is 2. The topological polar surface area (TPSA) is 46.0 Å². The molecule has 2 aromatic carbocycles. The van der Waals surface area contributed by atoms with Gasteiger partial charge >= 0.3 is 0 Å². The molecular formula is C24H27FN2O. The van der Waals surface area contributed by atoms with E-state index in [1.165, 1.54) is 36.6 Å². The Bertz CT molecular complexity index is 987. The van der Waals surface area contributed by atoms with Crippen molar-refractivity contribution in [3.63, 3.8) is 0 Å². The lowest BCUT2D eigenvalue weighted by Crippen LogP contribution is -2.13. The molecule has 146 valence electrons. The zero-order valence-corrected chi connectivity index (χ0v) is 16.7. The van der Waals surface area contributed by atoms with E-state index in [4.69, 9.17) is 4.98 Å². The zero-order chi connectivity index (χ0) is 19.8. The van der Waals surface area contributed by atoms with Crippen molar-refractivity contribution >= 4 is 10.9 Å². The highest BCUT2D eigenvalue weighted by molar-refractivity contribution is 5.84. The predicted molar refractivity (Wildman–Crippen MR) is 111 cm³/mol. The molecule has 0 bridgehead atoms. The molecular weight excluding hydrogens is 351 g/mol. The van der Waals surface area contributed by atoms with Gasteiger partial charge < -0.3 is 5.11 Å². The number of phenols is 1. The van der Waals surface area contributed by atoms with Crippen LogP contribution >= 0.6 is 0 Å². The van der Waals surface area contributed by atoms with Crippen molar-refractivity contribution in [1.29, 1.82) is 0 Å². The van der Waals surface area contributed by atoms with Gasteiger partial charge in [0.15, 0.2) is 5.82 Å².